The van der Waals surface area contributed by atoms with Gasteiger partial charge in [0.25, 0.3) is 0 Å². The van der Waals surface area contributed by atoms with Gasteiger partial charge in [0.1, 0.15) is 5.75 Å². The monoisotopic (exact) mass is 342 g/mol. The quantitative estimate of drug-likeness (QED) is 0.671. The molecule has 0 aliphatic heterocycles. The van der Waals surface area contributed by atoms with Crippen LogP contribution in [0.2, 0.25) is 0 Å². The molecular formula is C21H27O2P. The predicted octanol–water partition coefficient (Wildman–Crippen LogP) is 5.24. The van der Waals surface area contributed by atoms with E-state index >= 15 is 0 Å². The minimum atomic E-state index is 0.140. The van der Waals surface area contributed by atoms with Crippen molar-refractivity contribution >= 4 is 19.4 Å². The van der Waals surface area contributed by atoms with Gasteiger partial charge in [-0.2, -0.15) is 0 Å². The second-order valence-corrected chi connectivity index (χ2v) is 7.73. The summed E-state index contributed by atoms with van der Waals surface area (Å²) < 4.78 is 5.79. The third kappa shape index (κ3) is 4.24. The van der Waals surface area contributed by atoms with E-state index < -0.39 is 0 Å². The van der Waals surface area contributed by atoms with Crippen LogP contribution in [0.5, 0.6) is 5.75 Å². The fourth-order valence-corrected chi connectivity index (χ4v) is 3.86. The van der Waals surface area contributed by atoms with E-state index in [9.17, 15) is 4.79 Å². The van der Waals surface area contributed by atoms with E-state index in [0.29, 0.717) is 0 Å². The molecule has 2 atom stereocenters. The molecule has 0 fully saturated rings. The van der Waals surface area contributed by atoms with Gasteiger partial charge in [-0.3, -0.25) is 4.79 Å². The molecule has 2 nitrogen and oxygen atoms in total. The molecule has 128 valence electrons. The third-order valence-corrected chi connectivity index (χ3v) is 5.71. The van der Waals surface area contributed by atoms with Crippen LogP contribution >= 0.6 is 8.58 Å². The summed E-state index contributed by atoms with van der Waals surface area (Å²) >= 11 is 0. The molecule has 0 aliphatic rings. The SMILES string of the molecule is CCC(C)Oc1ccc(PC(=O)c2c(C)cc(C)c(C)c2C)cc1. The first kappa shape index (κ1) is 18.7. The first-order valence-corrected chi connectivity index (χ1v) is 9.49. The molecule has 0 saturated heterocycles. The molecule has 0 aliphatic carbocycles. The minimum Gasteiger partial charge on any atom is -0.491 e. The average Bonchev–Trinajstić information content (AvgIpc) is 2.54. The van der Waals surface area contributed by atoms with Crippen molar-refractivity contribution in [1.29, 1.82) is 0 Å². The standard InChI is InChI=1S/C21H27O2P/c1-7-15(4)23-18-8-10-19(11-9-18)24-21(22)20-14(3)12-13(2)16(5)17(20)6/h8-12,15,24H,7H2,1-6H3. The van der Waals surface area contributed by atoms with Gasteiger partial charge in [-0.25, -0.2) is 0 Å². The van der Waals surface area contributed by atoms with Crippen molar-refractivity contribution in [3.05, 3.63) is 58.1 Å². The lowest BCUT2D eigenvalue weighted by molar-refractivity contribution is 0.108. The Hall–Kier alpha value is -1.66. The molecule has 0 spiro atoms. The van der Waals surface area contributed by atoms with E-state index in [-0.39, 0.29) is 20.2 Å². The third-order valence-electron chi connectivity index (χ3n) is 4.61. The summed E-state index contributed by atoms with van der Waals surface area (Å²) in [7, 11) is 0.140. The van der Waals surface area contributed by atoms with Crippen LogP contribution < -0.4 is 10.0 Å². The second-order valence-electron chi connectivity index (χ2n) is 6.45. The molecule has 3 heteroatoms. The van der Waals surface area contributed by atoms with Crippen LogP contribution in [-0.4, -0.2) is 11.6 Å². The van der Waals surface area contributed by atoms with Crippen molar-refractivity contribution < 1.29 is 9.53 Å². The summed E-state index contributed by atoms with van der Waals surface area (Å²) in [6.07, 6.45) is 1.19. The van der Waals surface area contributed by atoms with Crippen molar-refractivity contribution in [2.75, 3.05) is 0 Å². The lowest BCUT2D eigenvalue weighted by Crippen LogP contribution is -2.10. The van der Waals surface area contributed by atoms with Gasteiger partial charge in [0.15, 0.2) is 5.52 Å². The Morgan fingerprint density at radius 2 is 1.67 bits per heavy atom. The summed E-state index contributed by atoms with van der Waals surface area (Å²) in [5.41, 5.74) is 5.74. The number of ether oxygens (including phenoxy) is 1. The summed E-state index contributed by atoms with van der Waals surface area (Å²) in [5.74, 6) is 0.865. The Morgan fingerprint density at radius 3 is 2.25 bits per heavy atom. The van der Waals surface area contributed by atoms with Gasteiger partial charge in [-0.15, -0.1) is 0 Å². The van der Waals surface area contributed by atoms with Crippen LogP contribution in [-0.2, 0) is 0 Å². The lowest BCUT2D eigenvalue weighted by atomic mass is 9.95. The van der Waals surface area contributed by atoms with Gasteiger partial charge in [-0.1, -0.05) is 25.1 Å². The lowest BCUT2D eigenvalue weighted by Gasteiger charge is -2.15. The van der Waals surface area contributed by atoms with Crippen LogP contribution in [0, 0.1) is 27.7 Å². The van der Waals surface area contributed by atoms with Crippen molar-refractivity contribution in [3.63, 3.8) is 0 Å². The Morgan fingerprint density at radius 1 is 1.04 bits per heavy atom. The fraction of sp³-hybridized carbons (Fsp3) is 0.381. The number of hydrogen-bond donors (Lipinski definition) is 0. The van der Waals surface area contributed by atoms with Crippen LogP contribution in [0.1, 0.15) is 52.9 Å². The number of rotatable bonds is 6. The maximum Gasteiger partial charge on any atom is 0.186 e. The Labute approximate surface area is 147 Å². The summed E-state index contributed by atoms with van der Waals surface area (Å²) in [5, 5.41) is 1.05. The zero-order valence-corrected chi connectivity index (χ0v) is 16.5. The molecule has 24 heavy (non-hydrogen) atoms. The summed E-state index contributed by atoms with van der Waals surface area (Å²) in [6.45, 7) is 12.4. The molecule has 0 N–H and O–H groups in total. The van der Waals surface area contributed by atoms with E-state index in [4.69, 9.17) is 4.74 Å². The minimum absolute atomic E-state index is 0.140. The first-order chi connectivity index (χ1) is 11.3. The molecule has 2 unspecified atom stereocenters. The highest BCUT2D eigenvalue weighted by atomic mass is 31.1. The van der Waals surface area contributed by atoms with Crippen LogP contribution in [0.25, 0.3) is 0 Å². The molecule has 2 rings (SSSR count). The Kier molecular flexibility index (Phi) is 6.18. The van der Waals surface area contributed by atoms with E-state index in [2.05, 4.69) is 40.7 Å². The van der Waals surface area contributed by atoms with Gasteiger partial charge in [0.2, 0.25) is 0 Å². The van der Waals surface area contributed by atoms with Crippen molar-refractivity contribution in [2.24, 2.45) is 0 Å². The van der Waals surface area contributed by atoms with Crippen LogP contribution in [0.3, 0.4) is 0 Å². The fourth-order valence-electron chi connectivity index (χ4n) is 2.76. The van der Waals surface area contributed by atoms with Crippen LogP contribution in [0.4, 0.5) is 0 Å². The zero-order valence-electron chi connectivity index (χ0n) is 15.5. The molecule has 0 radical (unpaired) electrons. The average molecular weight is 342 g/mol. The van der Waals surface area contributed by atoms with E-state index in [1.165, 1.54) is 11.1 Å². The van der Waals surface area contributed by atoms with E-state index in [0.717, 1.165) is 34.2 Å². The smallest absolute Gasteiger partial charge is 0.186 e. The van der Waals surface area contributed by atoms with Crippen molar-refractivity contribution in [1.82, 2.24) is 0 Å². The number of benzene rings is 2. The van der Waals surface area contributed by atoms with E-state index in [1.54, 1.807) is 0 Å². The molecule has 0 aromatic heterocycles. The highest BCUT2D eigenvalue weighted by molar-refractivity contribution is 7.66. The largest absolute Gasteiger partial charge is 0.491 e. The topological polar surface area (TPSA) is 26.3 Å². The number of hydrogen-bond acceptors (Lipinski definition) is 2. The predicted molar refractivity (Wildman–Crippen MR) is 104 cm³/mol. The molecule has 0 bridgehead atoms. The van der Waals surface area contributed by atoms with Gasteiger partial charge in [0, 0.05) is 5.56 Å². The molecule has 0 saturated carbocycles. The maximum atomic E-state index is 12.8. The molecule has 2 aromatic carbocycles. The summed E-state index contributed by atoms with van der Waals surface area (Å²) in [4.78, 5) is 12.8. The number of carbonyl (C=O) groups is 1. The highest BCUT2D eigenvalue weighted by Gasteiger charge is 2.16. The van der Waals surface area contributed by atoms with Gasteiger partial charge >= 0.3 is 0 Å². The summed E-state index contributed by atoms with van der Waals surface area (Å²) in [6, 6.07) is 10.0. The normalized spacial score (nSPS) is 12.6. The maximum absolute atomic E-state index is 12.8. The zero-order chi connectivity index (χ0) is 17.9. The van der Waals surface area contributed by atoms with Gasteiger partial charge < -0.3 is 4.74 Å². The van der Waals surface area contributed by atoms with Crippen LogP contribution in [0.15, 0.2) is 30.3 Å². The Bertz CT molecular complexity index is 732. The van der Waals surface area contributed by atoms with E-state index in [1.807, 2.05) is 31.2 Å². The number of aryl methyl sites for hydroxylation is 2. The second kappa shape index (κ2) is 7.94. The van der Waals surface area contributed by atoms with Gasteiger partial charge in [0.05, 0.1) is 6.10 Å². The highest BCUT2D eigenvalue weighted by Crippen LogP contribution is 2.28. The van der Waals surface area contributed by atoms with Gasteiger partial charge in [-0.05, 0) is 89.3 Å². The van der Waals surface area contributed by atoms with Crippen molar-refractivity contribution in [2.45, 2.75) is 54.1 Å². The Balaban J connectivity index is 2.17. The number of carbonyl (C=O) groups excluding carboxylic acids is 1. The molecule has 0 amide bonds. The van der Waals surface area contributed by atoms with Crippen molar-refractivity contribution in [3.8, 4) is 5.75 Å². The molecule has 2 aromatic rings. The molecular weight excluding hydrogens is 315 g/mol. The first-order valence-electron chi connectivity index (χ1n) is 8.49. The molecule has 0 heterocycles.